The van der Waals surface area contributed by atoms with Crippen LogP contribution in [0.15, 0.2) is 12.7 Å². The van der Waals surface area contributed by atoms with Crippen molar-refractivity contribution in [3.05, 3.63) is 12.7 Å². The number of halogens is 1. The summed E-state index contributed by atoms with van der Waals surface area (Å²) in [6.45, 7) is 10.5. The van der Waals surface area contributed by atoms with E-state index in [0.717, 1.165) is 6.42 Å². The first kappa shape index (κ1) is 27.2. The molecule has 1 atom stereocenters. The van der Waals surface area contributed by atoms with Crippen molar-refractivity contribution < 1.29 is 0 Å². The Morgan fingerprint density at radius 3 is 1.44 bits per heavy atom. The van der Waals surface area contributed by atoms with E-state index in [4.69, 9.17) is 5.73 Å². The molecular weight excluding hydrogens is 326 g/mol. The molecule has 0 saturated carbocycles. The minimum Gasteiger partial charge on any atom is -0.325 e. The molecule has 0 aliphatic heterocycles. The normalized spacial score (nSPS) is 12.6. The maximum atomic E-state index is 6.27. The van der Waals surface area contributed by atoms with Crippen LogP contribution in [-0.4, -0.2) is 5.54 Å². The third-order valence-corrected chi connectivity index (χ3v) is 5.41. The Morgan fingerprint density at radius 1 is 0.760 bits per heavy atom. The monoisotopic (exact) mass is 373 g/mol. The van der Waals surface area contributed by atoms with Crippen LogP contribution in [0.4, 0.5) is 0 Å². The molecule has 1 unspecified atom stereocenters. The molecule has 1 nitrogen and oxygen atoms in total. The molecular formula is C23H48ClN. The minimum atomic E-state index is -0.0648. The highest BCUT2D eigenvalue weighted by atomic mass is 35.5. The highest BCUT2D eigenvalue weighted by Crippen LogP contribution is 2.25. The van der Waals surface area contributed by atoms with Gasteiger partial charge in [0.2, 0.25) is 0 Å². The number of hydrogen-bond donors (Lipinski definition) is 1. The number of hydrogen-bond acceptors (Lipinski definition) is 1. The van der Waals surface area contributed by atoms with Crippen molar-refractivity contribution in [1.82, 2.24) is 0 Å². The lowest BCUT2D eigenvalue weighted by Crippen LogP contribution is -2.40. The minimum absolute atomic E-state index is 0. The largest absolute Gasteiger partial charge is 0.325 e. The fraction of sp³-hybridized carbons (Fsp3) is 0.913. The van der Waals surface area contributed by atoms with Gasteiger partial charge in [0.1, 0.15) is 0 Å². The van der Waals surface area contributed by atoms with Gasteiger partial charge < -0.3 is 5.73 Å². The summed E-state index contributed by atoms with van der Waals surface area (Å²) in [6, 6.07) is 0. The van der Waals surface area contributed by atoms with Crippen molar-refractivity contribution in [2.75, 3.05) is 0 Å². The van der Waals surface area contributed by atoms with Crippen molar-refractivity contribution in [3.63, 3.8) is 0 Å². The van der Waals surface area contributed by atoms with E-state index in [1.807, 2.05) is 6.08 Å². The van der Waals surface area contributed by atoms with Crippen LogP contribution >= 0.6 is 12.4 Å². The lowest BCUT2D eigenvalue weighted by molar-refractivity contribution is 0.294. The van der Waals surface area contributed by atoms with Gasteiger partial charge in [-0.3, -0.25) is 0 Å². The molecule has 0 aliphatic carbocycles. The van der Waals surface area contributed by atoms with Crippen LogP contribution in [0.1, 0.15) is 124 Å². The van der Waals surface area contributed by atoms with Crippen LogP contribution in [-0.2, 0) is 0 Å². The Hall–Kier alpha value is -0.0100. The Bertz CT molecular complexity index is 270. The van der Waals surface area contributed by atoms with Gasteiger partial charge >= 0.3 is 0 Å². The van der Waals surface area contributed by atoms with E-state index in [0.29, 0.717) is 5.92 Å². The quantitative estimate of drug-likeness (QED) is 0.190. The smallest absolute Gasteiger partial charge is 0.0128 e. The summed E-state index contributed by atoms with van der Waals surface area (Å²) in [5, 5.41) is 0. The van der Waals surface area contributed by atoms with Crippen LogP contribution in [0.3, 0.4) is 0 Å². The van der Waals surface area contributed by atoms with E-state index in [-0.39, 0.29) is 17.9 Å². The molecule has 25 heavy (non-hydrogen) atoms. The highest BCUT2D eigenvalue weighted by Gasteiger charge is 2.22. The predicted octanol–water partition coefficient (Wildman–Crippen LogP) is 8.21. The van der Waals surface area contributed by atoms with Crippen LogP contribution in [0.25, 0.3) is 0 Å². The first-order chi connectivity index (χ1) is 11.5. The van der Waals surface area contributed by atoms with Crippen LogP contribution < -0.4 is 5.73 Å². The molecule has 0 aliphatic rings. The molecule has 0 radical (unpaired) electrons. The molecule has 0 rings (SSSR count). The van der Waals surface area contributed by atoms with Gasteiger partial charge in [-0.15, -0.1) is 19.0 Å². The van der Waals surface area contributed by atoms with E-state index in [9.17, 15) is 0 Å². The topological polar surface area (TPSA) is 26.0 Å². The third kappa shape index (κ3) is 18.6. The average Bonchev–Trinajstić information content (AvgIpc) is 2.53. The molecule has 0 heterocycles. The van der Waals surface area contributed by atoms with Gasteiger partial charge in [-0.25, -0.2) is 0 Å². The summed E-state index contributed by atoms with van der Waals surface area (Å²) in [4.78, 5) is 0. The average molecular weight is 374 g/mol. The van der Waals surface area contributed by atoms with Crippen LogP contribution in [0.2, 0.25) is 0 Å². The zero-order valence-electron chi connectivity index (χ0n) is 17.7. The van der Waals surface area contributed by atoms with E-state index in [1.54, 1.807) is 0 Å². The molecule has 0 aromatic heterocycles. The van der Waals surface area contributed by atoms with Gasteiger partial charge in [-0.05, 0) is 32.6 Å². The molecule has 0 aromatic carbocycles. The highest BCUT2D eigenvalue weighted by molar-refractivity contribution is 5.85. The summed E-state index contributed by atoms with van der Waals surface area (Å²) in [5.41, 5.74) is 6.21. The van der Waals surface area contributed by atoms with Gasteiger partial charge in [0.05, 0.1) is 0 Å². The van der Waals surface area contributed by atoms with Crippen LogP contribution in [0, 0.1) is 5.92 Å². The third-order valence-electron chi connectivity index (χ3n) is 5.41. The first-order valence-corrected chi connectivity index (χ1v) is 10.9. The summed E-state index contributed by atoms with van der Waals surface area (Å²) < 4.78 is 0. The molecule has 0 saturated heterocycles. The van der Waals surface area contributed by atoms with Crippen molar-refractivity contribution in [3.8, 4) is 0 Å². The molecule has 0 aromatic rings. The van der Waals surface area contributed by atoms with Gasteiger partial charge in [-0.1, -0.05) is 103 Å². The first-order valence-electron chi connectivity index (χ1n) is 10.9. The number of nitrogens with two attached hydrogens (primary N) is 1. The Morgan fingerprint density at radius 2 is 1.12 bits per heavy atom. The summed E-state index contributed by atoms with van der Waals surface area (Å²) in [7, 11) is 0. The molecule has 0 fully saturated rings. The number of unbranched alkanes of at least 4 members (excludes halogenated alkanes) is 13. The van der Waals surface area contributed by atoms with E-state index in [1.165, 1.54) is 96.3 Å². The fourth-order valence-corrected chi connectivity index (χ4v) is 3.58. The zero-order valence-corrected chi connectivity index (χ0v) is 18.5. The Kier molecular flexibility index (Phi) is 20.4. The predicted molar refractivity (Wildman–Crippen MR) is 119 cm³/mol. The molecule has 0 bridgehead atoms. The van der Waals surface area contributed by atoms with Crippen molar-refractivity contribution >= 4 is 12.4 Å². The number of allylic oxidation sites excluding steroid dienone is 1. The van der Waals surface area contributed by atoms with E-state index in [2.05, 4.69) is 27.4 Å². The van der Waals surface area contributed by atoms with Crippen LogP contribution in [0.5, 0.6) is 0 Å². The van der Waals surface area contributed by atoms with E-state index < -0.39 is 0 Å². The molecule has 2 heteroatoms. The van der Waals surface area contributed by atoms with Gasteiger partial charge in [0, 0.05) is 5.54 Å². The molecule has 152 valence electrons. The molecule has 0 spiro atoms. The lowest BCUT2D eigenvalue weighted by Gasteiger charge is -2.29. The second-order valence-corrected chi connectivity index (χ2v) is 8.43. The summed E-state index contributed by atoms with van der Waals surface area (Å²) in [6.07, 6.45) is 24.3. The second kappa shape index (κ2) is 18.8. The van der Waals surface area contributed by atoms with Gasteiger partial charge in [0.15, 0.2) is 0 Å². The zero-order chi connectivity index (χ0) is 18.1. The maximum Gasteiger partial charge on any atom is 0.0128 e. The van der Waals surface area contributed by atoms with Gasteiger partial charge in [-0.2, -0.15) is 0 Å². The van der Waals surface area contributed by atoms with Crippen molar-refractivity contribution in [2.24, 2.45) is 11.7 Å². The van der Waals surface area contributed by atoms with Crippen molar-refractivity contribution in [1.29, 1.82) is 0 Å². The van der Waals surface area contributed by atoms with Crippen molar-refractivity contribution in [2.45, 2.75) is 129 Å². The molecule has 0 amide bonds. The summed E-state index contributed by atoms with van der Waals surface area (Å²) >= 11 is 0. The number of rotatable bonds is 18. The Labute approximate surface area is 166 Å². The summed E-state index contributed by atoms with van der Waals surface area (Å²) in [5.74, 6) is 0.590. The second-order valence-electron chi connectivity index (χ2n) is 8.43. The maximum absolute atomic E-state index is 6.27. The molecule has 2 N–H and O–H groups in total. The lowest BCUT2D eigenvalue weighted by atomic mass is 9.82. The van der Waals surface area contributed by atoms with E-state index >= 15 is 0 Å². The SMILES string of the molecule is C=CCC(CCCCCCCCCCCCCCCC)C(C)(C)N.Cl. The Balaban J connectivity index is 0. The fourth-order valence-electron chi connectivity index (χ4n) is 3.58. The standard InChI is InChI=1S/C23H47N.ClH/c1-5-7-8-9-10-11-12-13-14-15-16-17-18-19-21-22(20-6-2)23(3,4)24;/h6,22H,2,5,7-21,24H2,1,3-4H3;1H. The van der Waals surface area contributed by atoms with Gasteiger partial charge in [0.25, 0.3) is 0 Å².